The molecule has 2 unspecified atom stereocenters. The molecule has 0 spiro atoms. The number of rotatable bonds is 3. The van der Waals surface area contributed by atoms with Gasteiger partial charge in [0, 0.05) is 31.7 Å². The third-order valence-electron chi connectivity index (χ3n) is 5.19. The number of aromatic nitrogens is 1. The molecular weight excluding hydrogens is 367 g/mol. The number of ether oxygens (including phenoxy) is 1. The van der Waals surface area contributed by atoms with E-state index in [2.05, 4.69) is 26.3 Å². The van der Waals surface area contributed by atoms with Gasteiger partial charge >= 0.3 is 0 Å². The Bertz CT molecular complexity index is 1000. The first kappa shape index (κ1) is 19.3. The van der Waals surface area contributed by atoms with E-state index in [0.717, 1.165) is 29.0 Å². The number of para-hydroxylation sites is 1. The van der Waals surface area contributed by atoms with Crippen LogP contribution in [0, 0.1) is 5.82 Å². The van der Waals surface area contributed by atoms with Gasteiger partial charge < -0.3 is 15.0 Å². The third kappa shape index (κ3) is 4.38. The molecule has 0 amide bonds. The molecule has 0 bridgehead atoms. The highest BCUT2D eigenvalue weighted by Crippen LogP contribution is 2.25. The average molecular weight is 392 g/mol. The molecule has 5 nitrogen and oxygen atoms in total. The number of benzene rings is 2. The van der Waals surface area contributed by atoms with Crippen molar-refractivity contribution in [2.24, 2.45) is 4.99 Å². The number of hydrogen-bond acceptors (Lipinski definition) is 3. The molecular formula is C23H25FN4O. The highest BCUT2D eigenvalue weighted by atomic mass is 19.1. The smallest absolute Gasteiger partial charge is 0.194 e. The Morgan fingerprint density at radius 1 is 1.17 bits per heavy atom. The Hall–Kier alpha value is -2.99. The van der Waals surface area contributed by atoms with Gasteiger partial charge in [-0.2, -0.15) is 0 Å². The molecule has 0 aliphatic carbocycles. The first-order valence-corrected chi connectivity index (χ1v) is 9.83. The minimum Gasteiger partial charge on any atom is -0.367 e. The molecule has 150 valence electrons. The maximum absolute atomic E-state index is 13.3. The van der Waals surface area contributed by atoms with Gasteiger partial charge in [-0.25, -0.2) is 4.39 Å². The summed E-state index contributed by atoms with van der Waals surface area (Å²) in [6.45, 7) is 4.11. The number of guanidine groups is 1. The van der Waals surface area contributed by atoms with Crippen LogP contribution in [0.5, 0.6) is 0 Å². The van der Waals surface area contributed by atoms with Gasteiger partial charge in [0.1, 0.15) is 11.9 Å². The normalized spacial score (nSPS) is 20.1. The molecule has 0 radical (unpaired) electrons. The van der Waals surface area contributed by atoms with Gasteiger partial charge in [0.15, 0.2) is 5.96 Å². The summed E-state index contributed by atoms with van der Waals surface area (Å²) in [4.78, 5) is 11.1. The van der Waals surface area contributed by atoms with Gasteiger partial charge in [0.2, 0.25) is 0 Å². The van der Waals surface area contributed by atoms with Gasteiger partial charge in [0.25, 0.3) is 0 Å². The quantitative estimate of drug-likeness (QED) is 0.542. The maximum atomic E-state index is 13.3. The summed E-state index contributed by atoms with van der Waals surface area (Å²) in [6, 6.07) is 16.7. The molecule has 2 heterocycles. The number of fused-ring (bicyclic) bond motifs is 1. The fraction of sp³-hybridized carbons (Fsp3) is 0.304. The van der Waals surface area contributed by atoms with Crippen molar-refractivity contribution in [3.05, 3.63) is 77.7 Å². The lowest BCUT2D eigenvalue weighted by Gasteiger charge is -2.38. The third-order valence-corrected chi connectivity index (χ3v) is 5.19. The van der Waals surface area contributed by atoms with Crippen LogP contribution < -0.4 is 5.32 Å². The summed E-state index contributed by atoms with van der Waals surface area (Å²) >= 11 is 0. The lowest BCUT2D eigenvalue weighted by atomic mass is 10.1. The highest BCUT2D eigenvalue weighted by Gasteiger charge is 2.28. The van der Waals surface area contributed by atoms with Crippen LogP contribution in [-0.4, -0.2) is 42.1 Å². The minimum absolute atomic E-state index is 0.0408. The molecule has 2 aromatic carbocycles. The summed E-state index contributed by atoms with van der Waals surface area (Å²) in [5.74, 6) is 0.588. The second-order valence-electron chi connectivity index (χ2n) is 7.28. The number of nitrogens with zero attached hydrogens (tertiary/aromatic N) is 3. The summed E-state index contributed by atoms with van der Waals surface area (Å²) in [7, 11) is 1.79. The van der Waals surface area contributed by atoms with Crippen molar-refractivity contribution in [1.29, 1.82) is 0 Å². The van der Waals surface area contributed by atoms with E-state index in [0.29, 0.717) is 13.1 Å². The van der Waals surface area contributed by atoms with Crippen LogP contribution in [0.3, 0.4) is 0 Å². The van der Waals surface area contributed by atoms with Crippen LogP contribution in [0.25, 0.3) is 10.9 Å². The molecule has 2 atom stereocenters. The molecule has 1 aliphatic heterocycles. The van der Waals surface area contributed by atoms with E-state index in [4.69, 9.17) is 4.74 Å². The lowest BCUT2D eigenvalue weighted by molar-refractivity contribution is -0.0605. The largest absolute Gasteiger partial charge is 0.367 e. The molecule has 0 saturated carbocycles. The summed E-state index contributed by atoms with van der Waals surface area (Å²) in [5, 5.41) is 4.62. The summed E-state index contributed by atoms with van der Waals surface area (Å²) in [5.41, 5.74) is 3.13. The van der Waals surface area contributed by atoms with Crippen LogP contribution in [0.4, 0.5) is 4.39 Å². The fourth-order valence-corrected chi connectivity index (χ4v) is 3.80. The highest BCUT2D eigenvalue weighted by molar-refractivity contribution is 5.83. The Labute approximate surface area is 170 Å². The van der Waals surface area contributed by atoms with Crippen molar-refractivity contribution in [1.82, 2.24) is 15.2 Å². The van der Waals surface area contributed by atoms with Crippen molar-refractivity contribution in [2.75, 3.05) is 20.1 Å². The van der Waals surface area contributed by atoms with Crippen LogP contribution >= 0.6 is 0 Å². The van der Waals surface area contributed by atoms with Crippen LogP contribution in [-0.2, 0) is 11.3 Å². The second-order valence-corrected chi connectivity index (χ2v) is 7.28. The number of pyridine rings is 1. The molecule has 1 aromatic heterocycles. The van der Waals surface area contributed by atoms with Crippen LogP contribution in [0.1, 0.15) is 24.2 Å². The molecule has 1 N–H and O–H groups in total. The molecule has 4 rings (SSSR count). The van der Waals surface area contributed by atoms with E-state index >= 15 is 0 Å². The van der Waals surface area contributed by atoms with Crippen LogP contribution in [0.15, 0.2) is 65.8 Å². The van der Waals surface area contributed by atoms with Crippen molar-refractivity contribution >= 4 is 16.9 Å². The summed E-state index contributed by atoms with van der Waals surface area (Å²) in [6.07, 6.45) is 1.75. The zero-order valence-corrected chi connectivity index (χ0v) is 16.7. The van der Waals surface area contributed by atoms with Crippen LogP contribution in [0.2, 0.25) is 0 Å². The first-order valence-electron chi connectivity index (χ1n) is 9.83. The fourth-order valence-electron chi connectivity index (χ4n) is 3.80. The molecule has 1 aliphatic rings. The maximum Gasteiger partial charge on any atom is 0.194 e. The Balaban J connectivity index is 1.48. The second kappa shape index (κ2) is 8.57. The van der Waals surface area contributed by atoms with E-state index in [1.807, 2.05) is 37.4 Å². The van der Waals surface area contributed by atoms with Crippen molar-refractivity contribution < 1.29 is 9.13 Å². The monoisotopic (exact) mass is 392 g/mol. The number of nitrogens with one attached hydrogen (secondary N) is 1. The van der Waals surface area contributed by atoms with E-state index in [1.54, 1.807) is 19.2 Å². The zero-order chi connectivity index (χ0) is 20.2. The average Bonchev–Trinajstić information content (AvgIpc) is 2.74. The number of halogens is 1. The predicted octanol–water partition coefficient (Wildman–Crippen LogP) is 3.91. The zero-order valence-electron chi connectivity index (χ0n) is 16.7. The van der Waals surface area contributed by atoms with E-state index in [-0.39, 0.29) is 18.0 Å². The SMILES string of the molecule is CN=C(NCc1ccnc2ccccc12)N1CC(C)OC(c2ccc(F)cc2)C1. The lowest BCUT2D eigenvalue weighted by Crippen LogP contribution is -2.50. The van der Waals surface area contributed by atoms with Crippen molar-refractivity contribution in [3.8, 4) is 0 Å². The molecule has 1 fully saturated rings. The van der Waals surface area contributed by atoms with Gasteiger partial charge in [-0.1, -0.05) is 30.3 Å². The number of aliphatic imine (C=N–C) groups is 1. The standard InChI is InChI=1S/C23H25FN4O/c1-16-14-28(15-22(29-16)17-7-9-19(24)10-8-17)23(25-2)27-13-18-11-12-26-21-6-4-3-5-20(18)21/h3-12,16,22H,13-15H2,1-2H3,(H,25,27). The Morgan fingerprint density at radius 2 is 1.97 bits per heavy atom. The number of hydrogen-bond donors (Lipinski definition) is 1. The number of morpholine rings is 1. The van der Waals surface area contributed by atoms with Crippen molar-refractivity contribution in [2.45, 2.75) is 25.7 Å². The molecule has 3 aromatic rings. The van der Waals surface area contributed by atoms with Gasteiger partial charge in [0.05, 0.1) is 18.2 Å². The minimum atomic E-state index is -0.239. The summed E-state index contributed by atoms with van der Waals surface area (Å²) < 4.78 is 19.4. The van der Waals surface area contributed by atoms with Gasteiger partial charge in [-0.15, -0.1) is 0 Å². The Morgan fingerprint density at radius 3 is 2.76 bits per heavy atom. The van der Waals surface area contributed by atoms with Crippen molar-refractivity contribution in [3.63, 3.8) is 0 Å². The molecule has 1 saturated heterocycles. The van der Waals surface area contributed by atoms with E-state index in [9.17, 15) is 4.39 Å². The first-order chi connectivity index (χ1) is 14.1. The topological polar surface area (TPSA) is 49.8 Å². The van der Waals surface area contributed by atoms with Gasteiger partial charge in [-0.05, 0) is 42.3 Å². The van der Waals surface area contributed by atoms with E-state index < -0.39 is 0 Å². The Kier molecular flexibility index (Phi) is 5.71. The van der Waals surface area contributed by atoms with E-state index in [1.165, 1.54) is 17.7 Å². The molecule has 29 heavy (non-hydrogen) atoms. The molecule has 6 heteroatoms. The van der Waals surface area contributed by atoms with Gasteiger partial charge in [-0.3, -0.25) is 9.98 Å². The predicted molar refractivity (Wildman–Crippen MR) is 113 cm³/mol.